The van der Waals surface area contributed by atoms with Crippen molar-refractivity contribution >= 4 is 28.5 Å². The minimum Gasteiger partial charge on any atom is -0.493 e. The van der Waals surface area contributed by atoms with Crippen LogP contribution in [0.15, 0.2) is 35.9 Å². The second kappa shape index (κ2) is 9.08. The normalized spacial score (nSPS) is 11.0. The number of benzene rings is 1. The fourth-order valence-corrected chi connectivity index (χ4v) is 2.45. The largest absolute Gasteiger partial charge is 0.493 e. The van der Waals surface area contributed by atoms with E-state index >= 15 is 0 Å². The number of nitrogens with one attached hydrogen (secondary N) is 1. The summed E-state index contributed by atoms with van der Waals surface area (Å²) in [5.41, 5.74) is 0.859. The highest BCUT2D eigenvalue weighted by Crippen LogP contribution is 2.29. The summed E-state index contributed by atoms with van der Waals surface area (Å²) in [7, 11) is 1.60. The minimum atomic E-state index is -0.221. The minimum absolute atomic E-state index is 0.221. The number of anilines is 1. The van der Waals surface area contributed by atoms with Gasteiger partial charge in [-0.3, -0.25) is 10.1 Å². The molecule has 24 heavy (non-hydrogen) atoms. The molecule has 1 aromatic carbocycles. The van der Waals surface area contributed by atoms with Crippen LogP contribution < -0.4 is 14.8 Å². The molecule has 0 saturated carbocycles. The predicted octanol–water partition coefficient (Wildman–Crippen LogP) is 4.23. The van der Waals surface area contributed by atoms with Gasteiger partial charge in [0.2, 0.25) is 5.91 Å². The van der Waals surface area contributed by atoms with Gasteiger partial charge >= 0.3 is 0 Å². The maximum absolute atomic E-state index is 11.8. The van der Waals surface area contributed by atoms with Crippen LogP contribution in [0.25, 0.3) is 6.08 Å². The van der Waals surface area contributed by atoms with E-state index in [4.69, 9.17) is 9.47 Å². The van der Waals surface area contributed by atoms with Crippen molar-refractivity contribution in [2.75, 3.05) is 19.0 Å². The highest BCUT2D eigenvalue weighted by atomic mass is 32.1. The van der Waals surface area contributed by atoms with Gasteiger partial charge in [-0.2, -0.15) is 0 Å². The molecule has 0 saturated heterocycles. The van der Waals surface area contributed by atoms with Crippen LogP contribution in [0.5, 0.6) is 11.5 Å². The standard InChI is InChI=1S/C18H22N2O3S/c1-13(2)8-10-23-15-6-4-14(12-16(15)22-3)5-7-17(21)20-18-19-9-11-24-18/h4-7,9,11-13H,8,10H2,1-3H3,(H,19,20,21). The van der Waals surface area contributed by atoms with Gasteiger partial charge in [0, 0.05) is 17.7 Å². The summed E-state index contributed by atoms with van der Waals surface area (Å²) in [5, 5.41) is 5.08. The number of ether oxygens (including phenoxy) is 2. The molecule has 0 fully saturated rings. The van der Waals surface area contributed by atoms with E-state index in [0.717, 1.165) is 12.0 Å². The highest BCUT2D eigenvalue weighted by molar-refractivity contribution is 7.13. The molecule has 0 aliphatic carbocycles. The Kier molecular flexibility index (Phi) is 6.81. The summed E-state index contributed by atoms with van der Waals surface area (Å²) in [6, 6.07) is 5.59. The molecular weight excluding hydrogens is 324 g/mol. The molecule has 5 nitrogen and oxygen atoms in total. The summed E-state index contributed by atoms with van der Waals surface area (Å²) in [6.45, 7) is 4.97. The molecule has 2 rings (SSSR count). The molecule has 6 heteroatoms. The Morgan fingerprint density at radius 1 is 1.38 bits per heavy atom. The van der Waals surface area contributed by atoms with Gasteiger partial charge in [-0.1, -0.05) is 19.9 Å². The average molecular weight is 346 g/mol. The Labute approximate surface area is 146 Å². The van der Waals surface area contributed by atoms with E-state index in [2.05, 4.69) is 24.1 Å². The molecule has 0 atom stereocenters. The van der Waals surface area contributed by atoms with Crippen LogP contribution in [-0.2, 0) is 4.79 Å². The second-order valence-corrected chi connectivity index (χ2v) is 6.50. The molecule has 2 aromatic rings. The van der Waals surface area contributed by atoms with Crippen LogP contribution in [0.2, 0.25) is 0 Å². The number of thiazole rings is 1. The lowest BCUT2D eigenvalue weighted by atomic mass is 10.1. The van der Waals surface area contributed by atoms with Crippen molar-refractivity contribution in [3.05, 3.63) is 41.4 Å². The zero-order valence-electron chi connectivity index (χ0n) is 14.1. The van der Waals surface area contributed by atoms with Crippen LogP contribution in [-0.4, -0.2) is 24.6 Å². The second-order valence-electron chi connectivity index (χ2n) is 5.60. The van der Waals surface area contributed by atoms with E-state index in [0.29, 0.717) is 29.2 Å². The molecule has 0 aliphatic rings. The zero-order chi connectivity index (χ0) is 17.4. The number of carbonyl (C=O) groups excluding carboxylic acids is 1. The molecule has 0 unspecified atom stereocenters. The lowest BCUT2D eigenvalue weighted by Gasteiger charge is -2.12. The van der Waals surface area contributed by atoms with Crippen molar-refractivity contribution in [1.29, 1.82) is 0 Å². The molecule has 0 aliphatic heterocycles. The molecule has 0 spiro atoms. The molecular formula is C18H22N2O3S. The molecule has 1 heterocycles. The van der Waals surface area contributed by atoms with Gasteiger partial charge in [0.15, 0.2) is 16.6 Å². The summed E-state index contributed by atoms with van der Waals surface area (Å²) in [5.74, 6) is 1.74. The van der Waals surface area contributed by atoms with Crippen molar-refractivity contribution in [3.8, 4) is 11.5 Å². The van der Waals surface area contributed by atoms with E-state index in [1.807, 2.05) is 23.6 Å². The summed E-state index contributed by atoms with van der Waals surface area (Å²) in [6.07, 6.45) is 5.83. The maximum atomic E-state index is 11.8. The predicted molar refractivity (Wildman–Crippen MR) is 97.7 cm³/mol. The van der Waals surface area contributed by atoms with E-state index < -0.39 is 0 Å². The lowest BCUT2D eigenvalue weighted by Crippen LogP contribution is -2.07. The number of carbonyl (C=O) groups is 1. The highest BCUT2D eigenvalue weighted by Gasteiger charge is 2.06. The fourth-order valence-electron chi connectivity index (χ4n) is 1.92. The quantitative estimate of drug-likeness (QED) is 0.727. The topological polar surface area (TPSA) is 60.5 Å². The van der Waals surface area contributed by atoms with Gasteiger partial charge in [0.25, 0.3) is 0 Å². The number of aromatic nitrogens is 1. The summed E-state index contributed by atoms with van der Waals surface area (Å²) in [4.78, 5) is 15.8. The Morgan fingerprint density at radius 2 is 2.21 bits per heavy atom. The number of rotatable bonds is 8. The van der Waals surface area contributed by atoms with Crippen LogP contribution in [0, 0.1) is 5.92 Å². The van der Waals surface area contributed by atoms with Crippen LogP contribution in [0.1, 0.15) is 25.8 Å². The van der Waals surface area contributed by atoms with Gasteiger partial charge in [-0.05, 0) is 36.1 Å². The first-order chi connectivity index (χ1) is 11.6. The molecule has 1 aromatic heterocycles. The van der Waals surface area contributed by atoms with E-state index in [9.17, 15) is 4.79 Å². The summed E-state index contributed by atoms with van der Waals surface area (Å²) < 4.78 is 11.1. The zero-order valence-corrected chi connectivity index (χ0v) is 14.9. The third-order valence-electron chi connectivity index (χ3n) is 3.23. The van der Waals surface area contributed by atoms with E-state index in [1.54, 1.807) is 19.4 Å². The van der Waals surface area contributed by atoms with E-state index in [1.165, 1.54) is 17.4 Å². The van der Waals surface area contributed by atoms with Gasteiger partial charge in [-0.25, -0.2) is 4.98 Å². The first kappa shape index (κ1) is 18.0. The van der Waals surface area contributed by atoms with Crippen molar-refractivity contribution in [3.63, 3.8) is 0 Å². The number of hydrogen-bond acceptors (Lipinski definition) is 5. The third kappa shape index (κ3) is 5.70. The number of methoxy groups -OCH3 is 1. The van der Waals surface area contributed by atoms with E-state index in [-0.39, 0.29) is 5.91 Å². The van der Waals surface area contributed by atoms with Crippen LogP contribution in [0.4, 0.5) is 5.13 Å². The number of amides is 1. The Morgan fingerprint density at radius 3 is 2.88 bits per heavy atom. The Balaban J connectivity index is 1.97. The Bertz CT molecular complexity index is 682. The summed E-state index contributed by atoms with van der Waals surface area (Å²) >= 11 is 1.38. The maximum Gasteiger partial charge on any atom is 0.250 e. The molecule has 1 N–H and O–H groups in total. The smallest absolute Gasteiger partial charge is 0.250 e. The van der Waals surface area contributed by atoms with Crippen LogP contribution in [0.3, 0.4) is 0 Å². The first-order valence-corrected chi connectivity index (χ1v) is 8.66. The fraction of sp³-hybridized carbons (Fsp3) is 0.333. The van der Waals surface area contributed by atoms with Gasteiger partial charge in [-0.15, -0.1) is 11.3 Å². The molecule has 0 radical (unpaired) electrons. The lowest BCUT2D eigenvalue weighted by molar-refractivity contribution is -0.111. The van der Waals surface area contributed by atoms with Crippen LogP contribution >= 0.6 is 11.3 Å². The van der Waals surface area contributed by atoms with Crippen molar-refractivity contribution in [2.45, 2.75) is 20.3 Å². The van der Waals surface area contributed by atoms with Gasteiger partial charge in [0.1, 0.15) is 0 Å². The average Bonchev–Trinajstić information content (AvgIpc) is 3.06. The Hall–Kier alpha value is -2.34. The van der Waals surface area contributed by atoms with Gasteiger partial charge in [0.05, 0.1) is 13.7 Å². The van der Waals surface area contributed by atoms with Crippen molar-refractivity contribution < 1.29 is 14.3 Å². The third-order valence-corrected chi connectivity index (χ3v) is 3.92. The molecule has 0 bridgehead atoms. The SMILES string of the molecule is COc1cc(C=CC(=O)Nc2nccs2)ccc1OCCC(C)C. The molecule has 128 valence electrons. The molecule has 1 amide bonds. The first-order valence-electron chi connectivity index (χ1n) is 7.78. The number of hydrogen-bond donors (Lipinski definition) is 1. The number of nitrogens with zero attached hydrogens (tertiary/aromatic N) is 1. The monoisotopic (exact) mass is 346 g/mol. The van der Waals surface area contributed by atoms with Crippen molar-refractivity contribution in [2.24, 2.45) is 5.92 Å². The van der Waals surface area contributed by atoms with Gasteiger partial charge < -0.3 is 9.47 Å². The van der Waals surface area contributed by atoms with Crippen molar-refractivity contribution in [1.82, 2.24) is 4.98 Å².